The molecule has 2 unspecified atom stereocenters. The van der Waals surface area contributed by atoms with Crippen molar-refractivity contribution < 1.29 is 4.74 Å². The average molecular weight is 319 g/mol. The first-order valence-electron chi connectivity index (χ1n) is 8.90. The Kier molecular flexibility index (Phi) is 4.15. The van der Waals surface area contributed by atoms with Crippen LogP contribution in [0.2, 0.25) is 0 Å². The van der Waals surface area contributed by atoms with Crippen LogP contribution in [0, 0.1) is 6.92 Å². The first-order valence-corrected chi connectivity index (χ1v) is 8.90. The lowest BCUT2D eigenvalue weighted by Crippen LogP contribution is -2.37. The highest BCUT2D eigenvalue weighted by molar-refractivity contribution is 5.73. The third-order valence-corrected chi connectivity index (χ3v) is 5.45. The van der Waals surface area contributed by atoms with Crippen molar-refractivity contribution in [3.05, 3.63) is 71.3 Å². The summed E-state index contributed by atoms with van der Waals surface area (Å²) in [6, 6.07) is 18.6. The minimum atomic E-state index is 0.559. The number of fused-ring (bicyclic) bond motifs is 2. The molecule has 0 N–H and O–H groups in total. The lowest BCUT2D eigenvalue weighted by molar-refractivity contribution is 0.203. The van der Waals surface area contributed by atoms with Gasteiger partial charge >= 0.3 is 0 Å². The number of ether oxygens (including phenoxy) is 1. The van der Waals surface area contributed by atoms with Crippen molar-refractivity contribution in [2.75, 3.05) is 7.11 Å². The lowest BCUT2D eigenvalue weighted by Gasteiger charge is -2.34. The topological polar surface area (TPSA) is 12.5 Å². The van der Waals surface area contributed by atoms with Gasteiger partial charge in [0, 0.05) is 24.2 Å². The maximum absolute atomic E-state index is 5.61. The second-order valence-electron chi connectivity index (χ2n) is 7.06. The Labute approximate surface area is 144 Å². The monoisotopic (exact) mass is 319 g/mol. The number of methoxy groups -OCH3 is 1. The molecule has 2 heteroatoms. The molecule has 2 heterocycles. The van der Waals surface area contributed by atoms with Crippen LogP contribution >= 0.6 is 0 Å². The highest BCUT2D eigenvalue weighted by atomic mass is 16.5. The predicted octanol–water partition coefficient (Wildman–Crippen LogP) is 4.82. The largest absolute Gasteiger partial charge is 0.496 e. The van der Waals surface area contributed by atoms with Gasteiger partial charge in [0.05, 0.1) is 7.11 Å². The van der Waals surface area contributed by atoms with Gasteiger partial charge < -0.3 is 4.74 Å². The molecule has 1 saturated heterocycles. The molecule has 1 fully saturated rings. The van der Waals surface area contributed by atoms with Gasteiger partial charge in [0.15, 0.2) is 0 Å². The summed E-state index contributed by atoms with van der Waals surface area (Å²) in [7, 11) is 1.77. The molecule has 0 saturated carbocycles. The van der Waals surface area contributed by atoms with Crippen LogP contribution < -0.4 is 4.74 Å². The summed E-state index contributed by atoms with van der Waals surface area (Å²) >= 11 is 0. The summed E-state index contributed by atoms with van der Waals surface area (Å²) in [6.45, 7) is 3.22. The number of hydrogen-bond acceptors (Lipinski definition) is 2. The van der Waals surface area contributed by atoms with Crippen molar-refractivity contribution in [2.24, 2.45) is 0 Å². The fourth-order valence-corrected chi connectivity index (χ4v) is 4.23. The number of aryl methyl sites for hydroxylation is 1. The SMILES string of the molecule is COc1ccc(C)cc1C1=CC2CCC(C1)N2Cc1ccccc1. The third kappa shape index (κ3) is 2.87. The summed E-state index contributed by atoms with van der Waals surface area (Å²) < 4.78 is 5.61. The van der Waals surface area contributed by atoms with E-state index in [9.17, 15) is 0 Å². The van der Waals surface area contributed by atoms with Gasteiger partial charge in [0.25, 0.3) is 0 Å². The molecule has 2 aliphatic rings. The summed E-state index contributed by atoms with van der Waals surface area (Å²) in [5, 5.41) is 0. The second kappa shape index (κ2) is 6.45. The van der Waals surface area contributed by atoms with Gasteiger partial charge in [-0.2, -0.15) is 0 Å². The van der Waals surface area contributed by atoms with E-state index in [1.54, 1.807) is 7.11 Å². The van der Waals surface area contributed by atoms with E-state index in [0.717, 1.165) is 18.7 Å². The van der Waals surface area contributed by atoms with Gasteiger partial charge in [-0.15, -0.1) is 0 Å². The van der Waals surface area contributed by atoms with Crippen LogP contribution in [0.15, 0.2) is 54.6 Å². The smallest absolute Gasteiger partial charge is 0.126 e. The van der Waals surface area contributed by atoms with E-state index in [1.165, 1.54) is 35.1 Å². The van der Waals surface area contributed by atoms with Crippen molar-refractivity contribution >= 4 is 5.57 Å². The van der Waals surface area contributed by atoms with Crippen molar-refractivity contribution in [1.82, 2.24) is 4.90 Å². The number of benzene rings is 2. The van der Waals surface area contributed by atoms with Gasteiger partial charge in [-0.1, -0.05) is 48.0 Å². The number of hydrogen-bond donors (Lipinski definition) is 0. The standard InChI is InChI=1S/C22H25NO/c1-16-8-11-22(24-2)21(12-16)18-13-19-9-10-20(14-18)23(19)15-17-6-4-3-5-7-17/h3-8,11-13,19-20H,9-10,14-15H2,1-2H3. The van der Waals surface area contributed by atoms with E-state index < -0.39 is 0 Å². The van der Waals surface area contributed by atoms with E-state index in [2.05, 4.69) is 66.4 Å². The fourth-order valence-electron chi connectivity index (χ4n) is 4.23. The molecule has 2 atom stereocenters. The molecule has 2 nitrogen and oxygen atoms in total. The van der Waals surface area contributed by atoms with Crippen molar-refractivity contribution in [2.45, 2.75) is 44.8 Å². The van der Waals surface area contributed by atoms with Gasteiger partial charge in [-0.05, 0) is 49.5 Å². The molecule has 124 valence electrons. The predicted molar refractivity (Wildman–Crippen MR) is 99.1 cm³/mol. The van der Waals surface area contributed by atoms with Gasteiger partial charge in [-0.25, -0.2) is 0 Å². The quantitative estimate of drug-likeness (QED) is 0.801. The average Bonchev–Trinajstić information content (AvgIpc) is 2.84. The van der Waals surface area contributed by atoms with Crippen LogP contribution in [0.4, 0.5) is 0 Å². The molecule has 2 aromatic carbocycles. The number of rotatable bonds is 4. The van der Waals surface area contributed by atoms with Crippen LogP contribution in [0.1, 0.15) is 36.0 Å². The van der Waals surface area contributed by atoms with E-state index in [4.69, 9.17) is 4.74 Å². The molecule has 2 aliphatic heterocycles. The fraction of sp³-hybridized carbons (Fsp3) is 0.364. The summed E-state index contributed by atoms with van der Waals surface area (Å²) in [6.07, 6.45) is 6.19. The first-order chi connectivity index (χ1) is 11.7. The Morgan fingerprint density at radius 2 is 1.92 bits per heavy atom. The Hall–Kier alpha value is -2.06. The Morgan fingerprint density at radius 1 is 1.08 bits per heavy atom. The van der Waals surface area contributed by atoms with Gasteiger partial charge in [0.2, 0.25) is 0 Å². The molecule has 0 aromatic heterocycles. The second-order valence-corrected chi connectivity index (χ2v) is 7.06. The summed E-state index contributed by atoms with van der Waals surface area (Å²) in [4.78, 5) is 2.68. The van der Waals surface area contributed by atoms with E-state index in [-0.39, 0.29) is 0 Å². The van der Waals surface area contributed by atoms with Crippen LogP contribution in [0.5, 0.6) is 5.75 Å². The normalized spacial score (nSPS) is 23.2. The maximum Gasteiger partial charge on any atom is 0.126 e. The molecule has 2 bridgehead atoms. The molecule has 0 amide bonds. The van der Waals surface area contributed by atoms with Crippen molar-refractivity contribution in [3.63, 3.8) is 0 Å². The van der Waals surface area contributed by atoms with E-state index >= 15 is 0 Å². The minimum absolute atomic E-state index is 0.559. The molecule has 0 radical (unpaired) electrons. The molecular weight excluding hydrogens is 294 g/mol. The molecule has 4 rings (SSSR count). The minimum Gasteiger partial charge on any atom is -0.496 e. The van der Waals surface area contributed by atoms with Crippen LogP contribution in [0.25, 0.3) is 5.57 Å². The van der Waals surface area contributed by atoms with E-state index in [0.29, 0.717) is 12.1 Å². The zero-order chi connectivity index (χ0) is 16.5. The van der Waals surface area contributed by atoms with Crippen LogP contribution in [-0.2, 0) is 6.54 Å². The highest BCUT2D eigenvalue weighted by Crippen LogP contribution is 2.41. The van der Waals surface area contributed by atoms with Gasteiger partial charge in [-0.3, -0.25) is 4.90 Å². The Bertz CT molecular complexity index is 750. The molecule has 24 heavy (non-hydrogen) atoms. The van der Waals surface area contributed by atoms with Crippen LogP contribution in [-0.4, -0.2) is 24.1 Å². The maximum atomic E-state index is 5.61. The van der Waals surface area contributed by atoms with Crippen LogP contribution in [0.3, 0.4) is 0 Å². The Morgan fingerprint density at radius 3 is 2.67 bits per heavy atom. The zero-order valence-corrected chi connectivity index (χ0v) is 14.5. The lowest BCUT2D eigenvalue weighted by atomic mass is 9.92. The Balaban J connectivity index is 1.61. The first kappa shape index (κ1) is 15.5. The van der Waals surface area contributed by atoms with Gasteiger partial charge in [0.1, 0.15) is 5.75 Å². The zero-order valence-electron chi connectivity index (χ0n) is 14.5. The highest BCUT2D eigenvalue weighted by Gasteiger charge is 2.36. The molecular formula is C22H25NO. The van der Waals surface area contributed by atoms with E-state index in [1.807, 2.05) is 0 Å². The summed E-state index contributed by atoms with van der Waals surface area (Å²) in [5.41, 5.74) is 5.46. The van der Waals surface area contributed by atoms with Crippen molar-refractivity contribution in [1.29, 1.82) is 0 Å². The van der Waals surface area contributed by atoms with Crippen molar-refractivity contribution in [3.8, 4) is 5.75 Å². The third-order valence-electron chi connectivity index (χ3n) is 5.45. The molecule has 2 aromatic rings. The summed E-state index contributed by atoms with van der Waals surface area (Å²) in [5.74, 6) is 1.00. The molecule has 0 spiro atoms. The number of nitrogens with zero attached hydrogens (tertiary/aromatic N) is 1. The molecule has 0 aliphatic carbocycles.